The van der Waals surface area contributed by atoms with E-state index >= 15 is 0 Å². The first-order valence-corrected chi connectivity index (χ1v) is 8.94. The zero-order valence-electron chi connectivity index (χ0n) is 14.2. The minimum atomic E-state index is -0.0137. The fourth-order valence-electron chi connectivity index (χ4n) is 3.96. The molecule has 3 atom stereocenters. The maximum absolute atomic E-state index is 6.67. The van der Waals surface area contributed by atoms with Gasteiger partial charge in [0.15, 0.2) is 0 Å². The van der Waals surface area contributed by atoms with Crippen molar-refractivity contribution in [1.29, 1.82) is 0 Å². The molecule has 0 radical (unpaired) electrons. The van der Waals surface area contributed by atoms with E-state index in [2.05, 4.69) is 72.8 Å². The molecule has 2 aromatic carbocycles. The summed E-state index contributed by atoms with van der Waals surface area (Å²) in [6.07, 6.45) is 4.91. The van der Waals surface area contributed by atoms with Crippen molar-refractivity contribution in [3.63, 3.8) is 0 Å². The Bertz CT molecular complexity index is 606. The van der Waals surface area contributed by atoms with Gasteiger partial charge < -0.3 is 4.74 Å². The third-order valence-electron chi connectivity index (χ3n) is 5.25. The molecule has 3 nitrogen and oxygen atoms in total. The second-order valence-corrected chi connectivity index (χ2v) is 6.94. The van der Waals surface area contributed by atoms with E-state index in [4.69, 9.17) is 9.57 Å². The molecular formula is C21H25NO2. The molecular weight excluding hydrogens is 298 g/mol. The standard InChI is InChI=1S/C21H25NO2/c1-22-18-12-13-19(24-22)15-20(14-18)23-21(16-8-4-2-5-9-16)17-10-6-3-7-11-17/h2-11,18-21H,12-15H2,1H3/t18-,19-,20-/m1/s1. The minimum absolute atomic E-state index is 0.0137. The molecule has 2 aromatic rings. The van der Waals surface area contributed by atoms with Crippen molar-refractivity contribution in [3.8, 4) is 0 Å². The summed E-state index contributed by atoms with van der Waals surface area (Å²) in [7, 11) is 2.06. The molecule has 2 heterocycles. The van der Waals surface area contributed by atoms with Gasteiger partial charge in [-0.15, -0.1) is 0 Å². The summed E-state index contributed by atoms with van der Waals surface area (Å²) >= 11 is 0. The van der Waals surface area contributed by atoms with E-state index in [9.17, 15) is 0 Å². The Morgan fingerprint density at radius 3 is 2.12 bits per heavy atom. The molecule has 1 saturated carbocycles. The molecule has 0 amide bonds. The minimum Gasteiger partial charge on any atom is -0.365 e. The zero-order valence-corrected chi connectivity index (χ0v) is 14.2. The lowest BCUT2D eigenvalue weighted by atomic mass is 10.0. The number of hydrogen-bond donors (Lipinski definition) is 0. The number of benzene rings is 2. The van der Waals surface area contributed by atoms with Crippen LogP contribution in [0.1, 0.15) is 42.9 Å². The zero-order chi connectivity index (χ0) is 16.4. The fraction of sp³-hybridized carbons (Fsp3) is 0.429. The number of ether oxygens (including phenoxy) is 1. The first-order chi connectivity index (χ1) is 11.8. The summed E-state index contributed by atoms with van der Waals surface area (Å²) in [5, 5.41) is 2.05. The molecule has 2 bridgehead atoms. The van der Waals surface area contributed by atoms with Crippen LogP contribution >= 0.6 is 0 Å². The van der Waals surface area contributed by atoms with Crippen molar-refractivity contribution >= 4 is 0 Å². The summed E-state index contributed by atoms with van der Waals surface area (Å²) in [5.41, 5.74) is 2.43. The van der Waals surface area contributed by atoms with Crippen LogP contribution in [-0.4, -0.2) is 30.4 Å². The summed E-state index contributed by atoms with van der Waals surface area (Å²) in [4.78, 5) is 5.99. The molecule has 126 valence electrons. The van der Waals surface area contributed by atoms with Crippen molar-refractivity contribution in [3.05, 3.63) is 71.8 Å². The highest BCUT2D eigenvalue weighted by atomic mass is 16.7. The average molecular weight is 323 g/mol. The summed E-state index contributed by atoms with van der Waals surface area (Å²) in [5.74, 6) is 0. The Labute approximate surface area is 144 Å². The third kappa shape index (κ3) is 3.39. The molecule has 0 aromatic heterocycles. The van der Waals surface area contributed by atoms with Gasteiger partial charge in [-0.25, -0.2) is 0 Å². The van der Waals surface area contributed by atoms with Crippen LogP contribution in [0.15, 0.2) is 60.7 Å². The first kappa shape index (κ1) is 15.8. The number of hydrogen-bond acceptors (Lipinski definition) is 3. The topological polar surface area (TPSA) is 21.7 Å². The molecule has 1 aliphatic carbocycles. The van der Waals surface area contributed by atoms with Gasteiger partial charge in [-0.3, -0.25) is 4.84 Å². The molecule has 3 fully saturated rings. The first-order valence-electron chi connectivity index (χ1n) is 8.94. The number of rotatable bonds is 4. The van der Waals surface area contributed by atoms with Crippen LogP contribution in [0.4, 0.5) is 0 Å². The third-order valence-corrected chi connectivity index (χ3v) is 5.25. The molecule has 0 spiro atoms. The van der Waals surface area contributed by atoms with E-state index in [-0.39, 0.29) is 12.2 Å². The van der Waals surface area contributed by atoms with Crippen molar-refractivity contribution in [2.24, 2.45) is 0 Å². The van der Waals surface area contributed by atoms with E-state index in [1.54, 1.807) is 0 Å². The molecule has 5 rings (SSSR count). The van der Waals surface area contributed by atoms with E-state index in [1.165, 1.54) is 17.5 Å². The van der Waals surface area contributed by atoms with Crippen LogP contribution in [-0.2, 0) is 9.57 Å². The van der Waals surface area contributed by atoms with Gasteiger partial charge in [0, 0.05) is 19.5 Å². The van der Waals surface area contributed by atoms with E-state index in [1.807, 2.05) is 0 Å². The highest BCUT2D eigenvalue weighted by molar-refractivity contribution is 5.30. The largest absolute Gasteiger partial charge is 0.365 e. The number of fused-ring (bicyclic) bond motifs is 4. The molecule has 2 saturated heterocycles. The van der Waals surface area contributed by atoms with Crippen LogP contribution in [0.2, 0.25) is 0 Å². The Morgan fingerprint density at radius 1 is 0.917 bits per heavy atom. The van der Waals surface area contributed by atoms with Gasteiger partial charge in [-0.1, -0.05) is 60.7 Å². The van der Waals surface area contributed by atoms with Gasteiger partial charge in [0.2, 0.25) is 0 Å². The number of nitrogens with zero attached hydrogens (tertiary/aromatic N) is 1. The van der Waals surface area contributed by atoms with Gasteiger partial charge >= 0.3 is 0 Å². The quantitative estimate of drug-likeness (QED) is 0.835. The normalized spacial score (nSPS) is 27.3. The summed E-state index contributed by atoms with van der Waals surface area (Å²) in [6, 6.07) is 21.6. The fourth-order valence-corrected chi connectivity index (χ4v) is 3.96. The molecule has 0 N–H and O–H groups in total. The lowest BCUT2D eigenvalue weighted by Gasteiger charge is -2.32. The average Bonchev–Trinajstić information content (AvgIpc) is 2.91. The van der Waals surface area contributed by atoms with Gasteiger partial charge in [0.1, 0.15) is 6.10 Å². The maximum atomic E-state index is 6.67. The smallest absolute Gasteiger partial charge is 0.108 e. The molecule has 24 heavy (non-hydrogen) atoms. The predicted molar refractivity (Wildman–Crippen MR) is 94.5 cm³/mol. The van der Waals surface area contributed by atoms with Gasteiger partial charge in [-0.2, -0.15) is 5.06 Å². The highest BCUT2D eigenvalue weighted by Gasteiger charge is 2.36. The van der Waals surface area contributed by atoms with Gasteiger partial charge in [-0.05, 0) is 30.4 Å². The maximum Gasteiger partial charge on any atom is 0.108 e. The molecule has 3 aliphatic rings. The van der Waals surface area contributed by atoms with Crippen molar-refractivity contribution in [1.82, 2.24) is 5.06 Å². The Kier molecular flexibility index (Phi) is 4.65. The monoisotopic (exact) mass is 323 g/mol. The molecule has 2 aliphatic heterocycles. The second-order valence-electron chi connectivity index (χ2n) is 6.94. The Hall–Kier alpha value is -1.68. The van der Waals surface area contributed by atoms with Crippen molar-refractivity contribution < 1.29 is 9.57 Å². The van der Waals surface area contributed by atoms with Crippen molar-refractivity contribution in [2.45, 2.75) is 50.0 Å². The van der Waals surface area contributed by atoms with E-state index in [0.29, 0.717) is 12.1 Å². The Balaban J connectivity index is 1.58. The van der Waals surface area contributed by atoms with Crippen molar-refractivity contribution in [2.75, 3.05) is 7.05 Å². The van der Waals surface area contributed by atoms with Gasteiger partial charge in [0.05, 0.1) is 12.2 Å². The molecule has 3 heteroatoms. The summed E-state index contributed by atoms with van der Waals surface area (Å²) < 4.78 is 6.67. The van der Waals surface area contributed by atoms with Gasteiger partial charge in [0.25, 0.3) is 0 Å². The lowest BCUT2D eigenvalue weighted by molar-refractivity contribution is -0.224. The van der Waals surface area contributed by atoms with Crippen LogP contribution in [0, 0.1) is 0 Å². The van der Waals surface area contributed by atoms with Crippen LogP contribution < -0.4 is 0 Å². The SMILES string of the molecule is CN1O[C@@H]2CC[C@@H]1C[C@@H](OC(c1ccccc1)c1ccccc1)C2. The van der Waals surface area contributed by atoms with Crippen LogP contribution in [0.3, 0.4) is 0 Å². The highest BCUT2D eigenvalue weighted by Crippen LogP contribution is 2.36. The number of hydroxylamine groups is 2. The summed E-state index contributed by atoms with van der Waals surface area (Å²) in [6.45, 7) is 0. The predicted octanol–water partition coefficient (Wildman–Crippen LogP) is 4.35. The molecule has 0 unspecified atom stereocenters. The van der Waals surface area contributed by atoms with E-state index < -0.39 is 0 Å². The second kappa shape index (κ2) is 7.06. The Morgan fingerprint density at radius 2 is 1.54 bits per heavy atom. The van der Waals surface area contributed by atoms with Crippen LogP contribution in [0.5, 0.6) is 0 Å². The van der Waals surface area contributed by atoms with E-state index in [0.717, 1.165) is 19.3 Å². The van der Waals surface area contributed by atoms with Crippen LogP contribution in [0.25, 0.3) is 0 Å². The lowest BCUT2D eigenvalue weighted by Crippen LogP contribution is -2.38.